The topological polar surface area (TPSA) is 17.1 Å². The van der Waals surface area contributed by atoms with Gasteiger partial charge in [-0.25, -0.2) is 0 Å². The van der Waals surface area contributed by atoms with Crippen LogP contribution in [0, 0.1) is 0 Å². The van der Waals surface area contributed by atoms with Gasteiger partial charge in [-0.1, -0.05) is 51.7 Å². The van der Waals surface area contributed by atoms with Gasteiger partial charge in [-0.3, -0.25) is 4.79 Å². The molecular weight excluding hydrogens is 240 g/mol. The lowest BCUT2D eigenvalue weighted by Gasteiger charge is -2.10. The number of thiophene rings is 1. The van der Waals surface area contributed by atoms with Gasteiger partial charge in [0.15, 0.2) is 6.29 Å². The highest BCUT2D eigenvalue weighted by Gasteiger charge is 2.10. The molecule has 1 heterocycles. The van der Waals surface area contributed by atoms with Crippen LogP contribution in [-0.4, -0.2) is 6.29 Å². The standard InChI is InChI=1S/C14H16OS.C2H6/c1-4-6-7-12(5-2)11(3)13-8-14(9-15)16-10-13;1-2/h4-11H,1H2,2-3H3;1-2H3/b7-6-,12-5+;. The Morgan fingerprint density at radius 1 is 1.44 bits per heavy atom. The van der Waals surface area contributed by atoms with Crippen molar-refractivity contribution in [3.8, 4) is 0 Å². The van der Waals surface area contributed by atoms with Gasteiger partial charge < -0.3 is 0 Å². The van der Waals surface area contributed by atoms with E-state index < -0.39 is 0 Å². The normalized spacial score (nSPS) is 12.8. The first-order chi connectivity index (χ1) is 8.72. The lowest BCUT2D eigenvalue weighted by atomic mass is 9.94. The summed E-state index contributed by atoms with van der Waals surface area (Å²) in [6, 6.07) is 1.95. The van der Waals surface area contributed by atoms with E-state index >= 15 is 0 Å². The molecular formula is C16H22OS. The molecule has 2 heteroatoms. The minimum atomic E-state index is 0.311. The third-order valence-corrected chi connectivity index (χ3v) is 3.39. The third-order valence-electron chi connectivity index (χ3n) is 2.51. The van der Waals surface area contributed by atoms with Gasteiger partial charge in [0.1, 0.15) is 0 Å². The Bertz CT molecular complexity index is 424. The van der Waals surface area contributed by atoms with E-state index in [0.29, 0.717) is 5.92 Å². The Morgan fingerprint density at radius 3 is 2.56 bits per heavy atom. The van der Waals surface area contributed by atoms with Crippen LogP contribution in [0.3, 0.4) is 0 Å². The van der Waals surface area contributed by atoms with E-state index in [2.05, 4.69) is 25.7 Å². The number of allylic oxidation sites excluding steroid dienone is 5. The van der Waals surface area contributed by atoms with E-state index in [1.165, 1.54) is 22.5 Å². The molecule has 0 bridgehead atoms. The number of aldehydes is 1. The van der Waals surface area contributed by atoms with Crippen molar-refractivity contribution in [1.29, 1.82) is 0 Å². The molecule has 1 aromatic rings. The molecule has 0 saturated carbocycles. The first-order valence-electron chi connectivity index (χ1n) is 6.21. The maximum absolute atomic E-state index is 10.6. The van der Waals surface area contributed by atoms with Crippen molar-refractivity contribution in [3.05, 3.63) is 58.3 Å². The Labute approximate surface area is 115 Å². The number of rotatable bonds is 5. The number of hydrogen-bond donors (Lipinski definition) is 0. The molecule has 1 unspecified atom stereocenters. The van der Waals surface area contributed by atoms with Crippen LogP contribution in [0.4, 0.5) is 0 Å². The highest BCUT2D eigenvalue weighted by atomic mass is 32.1. The van der Waals surface area contributed by atoms with Crippen molar-refractivity contribution in [2.45, 2.75) is 33.6 Å². The SMILES string of the molecule is C=C/C=C\C(=C/C)C(C)c1csc(C=O)c1.CC. The van der Waals surface area contributed by atoms with Crippen LogP contribution in [0.25, 0.3) is 0 Å². The summed E-state index contributed by atoms with van der Waals surface area (Å²) in [5.41, 5.74) is 2.42. The van der Waals surface area contributed by atoms with Gasteiger partial charge in [-0.15, -0.1) is 11.3 Å². The summed E-state index contributed by atoms with van der Waals surface area (Å²) in [4.78, 5) is 11.4. The summed E-state index contributed by atoms with van der Waals surface area (Å²) in [7, 11) is 0. The molecule has 0 aliphatic rings. The molecule has 0 fully saturated rings. The monoisotopic (exact) mass is 262 g/mol. The van der Waals surface area contributed by atoms with Crippen molar-refractivity contribution in [2.24, 2.45) is 0 Å². The molecule has 98 valence electrons. The second-order valence-electron chi connectivity index (χ2n) is 3.51. The van der Waals surface area contributed by atoms with Gasteiger partial charge in [0.25, 0.3) is 0 Å². The lowest BCUT2D eigenvalue weighted by Crippen LogP contribution is -1.93. The van der Waals surface area contributed by atoms with Crippen LogP contribution in [0.2, 0.25) is 0 Å². The van der Waals surface area contributed by atoms with E-state index in [4.69, 9.17) is 0 Å². The van der Waals surface area contributed by atoms with Crippen molar-refractivity contribution >= 4 is 17.6 Å². The Kier molecular flexibility index (Phi) is 8.85. The largest absolute Gasteiger partial charge is 0.297 e. The second-order valence-corrected chi connectivity index (χ2v) is 4.45. The van der Waals surface area contributed by atoms with Gasteiger partial charge in [-0.2, -0.15) is 0 Å². The van der Waals surface area contributed by atoms with E-state index in [1.54, 1.807) is 6.08 Å². The highest BCUT2D eigenvalue weighted by molar-refractivity contribution is 7.11. The fourth-order valence-corrected chi connectivity index (χ4v) is 2.32. The first-order valence-corrected chi connectivity index (χ1v) is 7.09. The smallest absolute Gasteiger partial charge is 0.160 e. The average molecular weight is 262 g/mol. The summed E-state index contributed by atoms with van der Waals surface area (Å²) >= 11 is 1.49. The predicted octanol–water partition coefficient (Wildman–Crippen LogP) is 5.38. The van der Waals surface area contributed by atoms with Crippen LogP contribution < -0.4 is 0 Å². The van der Waals surface area contributed by atoms with Gasteiger partial charge in [-0.05, 0) is 29.5 Å². The maximum Gasteiger partial charge on any atom is 0.160 e. The quantitative estimate of drug-likeness (QED) is 0.514. The van der Waals surface area contributed by atoms with E-state index in [9.17, 15) is 4.79 Å². The summed E-state index contributed by atoms with van der Waals surface area (Å²) in [5, 5.41) is 2.04. The molecule has 1 atom stereocenters. The van der Waals surface area contributed by atoms with E-state index in [-0.39, 0.29) is 0 Å². The van der Waals surface area contributed by atoms with Gasteiger partial charge in [0.05, 0.1) is 4.88 Å². The molecule has 1 aromatic heterocycles. The molecule has 0 aliphatic heterocycles. The zero-order valence-corrected chi connectivity index (χ0v) is 12.5. The number of carbonyl (C=O) groups is 1. The zero-order chi connectivity index (χ0) is 14.0. The van der Waals surface area contributed by atoms with Gasteiger partial charge in [0.2, 0.25) is 0 Å². The third kappa shape index (κ3) is 4.84. The molecule has 0 saturated heterocycles. The van der Waals surface area contributed by atoms with Gasteiger partial charge in [0, 0.05) is 5.92 Å². The molecule has 0 amide bonds. The number of carbonyl (C=O) groups excluding carboxylic acids is 1. The summed E-state index contributed by atoms with van der Waals surface area (Å²) in [5.74, 6) is 0.311. The molecule has 0 aliphatic carbocycles. The molecule has 18 heavy (non-hydrogen) atoms. The van der Waals surface area contributed by atoms with E-state index in [1.807, 2.05) is 38.3 Å². The summed E-state index contributed by atoms with van der Waals surface area (Å²) in [6.45, 7) is 11.8. The van der Waals surface area contributed by atoms with Crippen molar-refractivity contribution in [1.82, 2.24) is 0 Å². The fourth-order valence-electron chi connectivity index (χ4n) is 1.52. The molecule has 0 aromatic carbocycles. The maximum atomic E-state index is 10.6. The Balaban J connectivity index is 0.00000137. The zero-order valence-electron chi connectivity index (χ0n) is 11.6. The summed E-state index contributed by atoms with van der Waals surface area (Å²) in [6.07, 6.45) is 8.73. The van der Waals surface area contributed by atoms with Crippen LogP contribution in [0.5, 0.6) is 0 Å². The predicted molar refractivity (Wildman–Crippen MR) is 82.6 cm³/mol. The lowest BCUT2D eigenvalue weighted by molar-refractivity contribution is 0.112. The molecule has 1 rings (SSSR count). The molecule has 0 N–H and O–H groups in total. The highest BCUT2D eigenvalue weighted by Crippen LogP contribution is 2.28. The van der Waals surface area contributed by atoms with Crippen LogP contribution in [0.1, 0.15) is 48.8 Å². The Morgan fingerprint density at radius 2 is 2.11 bits per heavy atom. The molecule has 1 nitrogen and oxygen atoms in total. The van der Waals surface area contributed by atoms with Crippen molar-refractivity contribution in [3.63, 3.8) is 0 Å². The molecule has 0 spiro atoms. The van der Waals surface area contributed by atoms with Crippen molar-refractivity contribution in [2.75, 3.05) is 0 Å². The van der Waals surface area contributed by atoms with Crippen LogP contribution in [0.15, 0.2) is 47.9 Å². The Hall–Kier alpha value is -1.41. The summed E-state index contributed by atoms with van der Waals surface area (Å²) < 4.78 is 0. The van der Waals surface area contributed by atoms with Crippen LogP contribution in [-0.2, 0) is 0 Å². The minimum absolute atomic E-state index is 0.311. The van der Waals surface area contributed by atoms with Crippen molar-refractivity contribution < 1.29 is 4.79 Å². The first kappa shape index (κ1) is 16.6. The number of hydrogen-bond acceptors (Lipinski definition) is 2. The average Bonchev–Trinajstić information content (AvgIpc) is 2.90. The van der Waals surface area contributed by atoms with Gasteiger partial charge >= 0.3 is 0 Å². The fraction of sp³-hybridized carbons (Fsp3) is 0.312. The minimum Gasteiger partial charge on any atom is -0.297 e. The second kappa shape index (κ2) is 9.60. The molecule has 0 radical (unpaired) electrons. The van der Waals surface area contributed by atoms with E-state index in [0.717, 1.165) is 11.2 Å². The van der Waals surface area contributed by atoms with Crippen LogP contribution >= 0.6 is 11.3 Å².